The van der Waals surface area contributed by atoms with Crippen molar-refractivity contribution in [1.29, 1.82) is 0 Å². The van der Waals surface area contributed by atoms with Crippen LogP contribution in [0.3, 0.4) is 0 Å². The third-order valence-electron chi connectivity index (χ3n) is 1.77. The standard InChI is InChI=1S/C9H13NO2S/c10-7(3-4-9(11)12)6-8-2-1-5-13-8/h1-2,5,7H,3-4,6,10H2,(H,11,12). The van der Waals surface area contributed by atoms with Crippen LogP contribution < -0.4 is 5.73 Å². The van der Waals surface area contributed by atoms with E-state index in [1.54, 1.807) is 11.3 Å². The summed E-state index contributed by atoms with van der Waals surface area (Å²) in [6, 6.07) is 3.96. The second-order valence-corrected chi connectivity index (χ2v) is 4.01. The molecule has 0 spiro atoms. The minimum absolute atomic E-state index is 0.0326. The quantitative estimate of drug-likeness (QED) is 0.755. The van der Waals surface area contributed by atoms with Gasteiger partial charge in [0.05, 0.1) is 0 Å². The van der Waals surface area contributed by atoms with Gasteiger partial charge in [-0.3, -0.25) is 4.79 Å². The molecule has 0 fully saturated rings. The van der Waals surface area contributed by atoms with Crippen LogP contribution >= 0.6 is 11.3 Å². The Bertz CT molecular complexity index is 259. The number of nitrogens with two attached hydrogens (primary N) is 1. The number of hydrogen-bond acceptors (Lipinski definition) is 3. The maximum absolute atomic E-state index is 10.3. The molecule has 1 rings (SSSR count). The summed E-state index contributed by atoms with van der Waals surface area (Å²) in [6.07, 6.45) is 1.49. The van der Waals surface area contributed by atoms with Crippen molar-refractivity contribution in [3.05, 3.63) is 22.4 Å². The highest BCUT2D eigenvalue weighted by molar-refractivity contribution is 7.09. The highest BCUT2D eigenvalue weighted by Gasteiger charge is 2.06. The first kappa shape index (κ1) is 10.2. The lowest BCUT2D eigenvalue weighted by molar-refractivity contribution is -0.137. The van der Waals surface area contributed by atoms with Crippen molar-refractivity contribution < 1.29 is 9.90 Å². The predicted octanol–water partition coefficient (Wildman–Crippen LogP) is 1.48. The summed E-state index contributed by atoms with van der Waals surface area (Å²) in [5.41, 5.74) is 5.76. The number of aliphatic carboxylic acids is 1. The van der Waals surface area contributed by atoms with E-state index in [0.29, 0.717) is 6.42 Å². The van der Waals surface area contributed by atoms with Crippen molar-refractivity contribution in [1.82, 2.24) is 0 Å². The molecule has 0 aliphatic heterocycles. The van der Waals surface area contributed by atoms with E-state index >= 15 is 0 Å². The van der Waals surface area contributed by atoms with Gasteiger partial charge in [-0.15, -0.1) is 11.3 Å². The minimum Gasteiger partial charge on any atom is -0.481 e. The number of thiophene rings is 1. The number of rotatable bonds is 5. The fraction of sp³-hybridized carbons (Fsp3) is 0.444. The zero-order chi connectivity index (χ0) is 9.68. The molecule has 3 nitrogen and oxygen atoms in total. The Balaban J connectivity index is 2.25. The molecule has 0 aliphatic rings. The van der Waals surface area contributed by atoms with Gasteiger partial charge in [-0.05, 0) is 24.3 Å². The molecule has 0 saturated heterocycles. The minimum atomic E-state index is -0.776. The Morgan fingerprint density at radius 1 is 1.69 bits per heavy atom. The van der Waals surface area contributed by atoms with Gasteiger partial charge in [0.2, 0.25) is 0 Å². The van der Waals surface area contributed by atoms with Gasteiger partial charge in [0, 0.05) is 17.3 Å². The molecule has 0 aromatic carbocycles. The molecule has 0 aliphatic carbocycles. The van der Waals surface area contributed by atoms with Crippen LogP contribution in [0, 0.1) is 0 Å². The summed E-state index contributed by atoms with van der Waals surface area (Å²) in [6.45, 7) is 0. The molecule has 0 bridgehead atoms. The van der Waals surface area contributed by atoms with Crippen molar-refractivity contribution >= 4 is 17.3 Å². The van der Waals surface area contributed by atoms with Crippen molar-refractivity contribution in [2.75, 3.05) is 0 Å². The molecule has 72 valence electrons. The molecule has 1 aromatic heterocycles. The molecule has 1 heterocycles. The highest BCUT2D eigenvalue weighted by atomic mass is 32.1. The SMILES string of the molecule is NC(CCC(=O)O)Cc1cccs1. The van der Waals surface area contributed by atoms with E-state index in [-0.39, 0.29) is 12.5 Å². The molecular weight excluding hydrogens is 186 g/mol. The molecule has 0 amide bonds. The lowest BCUT2D eigenvalue weighted by atomic mass is 10.1. The van der Waals surface area contributed by atoms with E-state index in [1.165, 1.54) is 4.88 Å². The summed E-state index contributed by atoms with van der Waals surface area (Å²) in [7, 11) is 0. The second-order valence-electron chi connectivity index (χ2n) is 2.98. The van der Waals surface area contributed by atoms with Crippen molar-refractivity contribution in [2.45, 2.75) is 25.3 Å². The van der Waals surface area contributed by atoms with Gasteiger partial charge in [-0.25, -0.2) is 0 Å². The Morgan fingerprint density at radius 3 is 3.00 bits per heavy atom. The lowest BCUT2D eigenvalue weighted by Crippen LogP contribution is -2.23. The van der Waals surface area contributed by atoms with Crippen LogP contribution in [0.4, 0.5) is 0 Å². The third kappa shape index (κ3) is 4.05. The molecule has 1 unspecified atom stereocenters. The van der Waals surface area contributed by atoms with Gasteiger partial charge in [0.1, 0.15) is 0 Å². The largest absolute Gasteiger partial charge is 0.481 e. The van der Waals surface area contributed by atoms with Gasteiger partial charge in [0.25, 0.3) is 0 Å². The molecule has 1 aromatic rings. The van der Waals surface area contributed by atoms with Crippen LogP contribution in [0.25, 0.3) is 0 Å². The van der Waals surface area contributed by atoms with E-state index < -0.39 is 5.97 Å². The van der Waals surface area contributed by atoms with Crippen molar-refractivity contribution in [2.24, 2.45) is 5.73 Å². The van der Waals surface area contributed by atoms with Crippen LogP contribution in [-0.4, -0.2) is 17.1 Å². The molecular formula is C9H13NO2S. The predicted molar refractivity (Wildman–Crippen MR) is 52.9 cm³/mol. The average molecular weight is 199 g/mol. The van der Waals surface area contributed by atoms with E-state index in [9.17, 15) is 4.79 Å². The third-order valence-corrected chi connectivity index (χ3v) is 2.67. The van der Waals surface area contributed by atoms with Crippen molar-refractivity contribution in [3.63, 3.8) is 0 Å². The molecule has 3 N–H and O–H groups in total. The number of carboxylic acids is 1. The van der Waals surface area contributed by atoms with Gasteiger partial charge in [-0.2, -0.15) is 0 Å². The first-order chi connectivity index (χ1) is 6.18. The average Bonchev–Trinajstić information content (AvgIpc) is 2.53. The molecule has 1 atom stereocenters. The van der Waals surface area contributed by atoms with E-state index in [1.807, 2.05) is 17.5 Å². The summed E-state index contributed by atoms with van der Waals surface area (Å²) < 4.78 is 0. The van der Waals surface area contributed by atoms with Crippen LogP contribution in [0.5, 0.6) is 0 Å². The van der Waals surface area contributed by atoms with Gasteiger partial charge in [-0.1, -0.05) is 6.07 Å². The van der Waals surface area contributed by atoms with E-state index in [4.69, 9.17) is 10.8 Å². The Morgan fingerprint density at radius 2 is 2.46 bits per heavy atom. The van der Waals surface area contributed by atoms with Gasteiger partial charge >= 0.3 is 5.97 Å². The summed E-state index contributed by atoms with van der Waals surface area (Å²) in [5, 5.41) is 10.4. The Labute approximate surface area is 81.2 Å². The van der Waals surface area contributed by atoms with E-state index in [2.05, 4.69) is 0 Å². The maximum atomic E-state index is 10.3. The zero-order valence-corrected chi connectivity index (χ0v) is 8.09. The molecule has 0 radical (unpaired) electrons. The first-order valence-electron chi connectivity index (χ1n) is 4.18. The maximum Gasteiger partial charge on any atom is 0.303 e. The fourth-order valence-electron chi connectivity index (χ4n) is 1.10. The van der Waals surface area contributed by atoms with Crippen LogP contribution in [-0.2, 0) is 11.2 Å². The normalized spacial score (nSPS) is 12.7. The van der Waals surface area contributed by atoms with Crippen LogP contribution in [0.15, 0.2) is 17.5 Å². The molecule has 13 heavy (non-hydrogen) atoms. The lowest BCUT2D eigenvalue weighted by Gasteiger charge is -2.07. The van der Waals surface area contributed by atoms with Crippen LogP contribution in [0.2, 0.25) is 0 Å². The topological polar surface area (TPSA) is 63.3 Å². The van der Waals surface area contributed by atoms with Crippen LogP contribution in [0.1, 0.15) is 17.7 Å². The summed E-state index contributed by atoms with van der Waals surface area (Å²) in [4.78, 5) is 11.5. The number of carboxylic acid groups (broad SMARTS) is 1. The fourth-order valence-corrected chi connectivity index (χ4v) is 1.90. The zero-order valence-electron chi connectivity index (χ0n) is 7.27. The summed E-state index contributed by atoms with van der Waals surface area (Å²) in [5.74, 6) is -0.776. The first-order valence-corrected chi connectivity index (χ1v) is 5.06. The molecule has 0 saturated carbocycles. The Kier molecular flexibility index (Phi) is 3.92. The van der Waals surface area contributed by atoms with E-state index in [0.717, 1.165) is 6.42 Å². The monoisotopic (exact) mass is 199 g/mol. The van der Waals surface area contributed by atoms with Gasteiger partial charge in [0.15, 0.2) is 0 Å². The molecule has 4 heteroatoms. The Hall–Kier alpha value is -0.870. The summed E-state index contributed by atoms with van der Waals surface area (Å²) >= 11 is 1.66. The number of carbonyl (C=O) groups is 1. The smallest absolute Gasteiger partial charge is 0.303 e. The van der Waals surface area contributed by atoms with Gasteiger partial charge < -0.3 is 10.8 Å². The highest BCUT2D eigenvalue weighted by Crippen LogP contribution is 2.12. The second kappa shape index (κ2) is 4.99. The number of hydrogen-bond donors (Lipinski definition) is 2. The van der Waals surface area contributed by atoms with Crippen molar-refractivity contribution in [3.8, 4) is 0 Å².